The Morgan fingerprint density at radius 2 is 2.28 bits per heavy atom. The summed E-state index contributed by atoms with van der Waals surface area (Å²) in [5.41, 5.74) is 5.78. The van der Waals surface area contributed by atoms with Gasteiger partial charge < -0.3 is 5.73 Å². The summed E-state index contributed by atoms with van der Waals surface area (Å²) in [6, 6.07) is 5.05. The minimum Gasteiger partial charge on any atom is -0.320 e. The molecule has 0 bridgehead atoms. The minimum absolute atomic E-state index is 0.212. The van der Waals surface area contributed by atoms with Gasteiger partial charge in [-0.2, -0.15) is 0 Å². The number of hydrogen-bond acceptors (Lipinski definition) is 4. The Morgan fingerprint density at radius 1 is 1.50 bits per heavy atom. The number of aromatic nitrogens is 1. The summed E-state index contributed by atoms with van der Waals surface area (Å²) in [6.45, 7) is 1.98. The first-order valence-corrected chi connectivity index (χ1v) is 5.66. The maximum atomic E-state index is 11.9. The van der Waals surface area contributed by atoms with Crippen LogP contribution in [0.1, 0.15) is 19.0 Å². The highest BCUT2D eigenvalue weighted by molar-refractivity contribution is 6.20. The lowest BCUT2D eigenvalue weighted by molar-refractivity contribution is -0.122. The molecule has 1 saturated heterocycles. The number of hydrogen-bond donors (Lipinski definition) is 1. The Kier molecular flexibility index (Phi) is 3.40. The highest BCUT2D eigenvalue weighted by atomic mass is 16.2. The molecule has 1 unspecified atom stereocenters. The van der Waals surface area contributed by atoms with Crippen molar-refractivity contribution in [2.24, 2.45) is 11.7 Å². The summed E-state index contributed by atoms with van der Waals surface area (Å²) >= 11 is 0. The topological polar surface area (TPSA) is 76.3 Å². The molecule has 2 heterocycles. The van der Waals surface area contributed by atoms with Crippen LogP contribution in [0.5, 0.6) is 0 Å². The normalized spacial score (nSPS) is 18.8. The molecule has 2 N–H and O–H groups in total. The number of nitrogens with two attached hydrogens (primary N) is 1. The Labute approximate surface area is 105 Å². The lowest BCUT2D eigenvalue weighted by Gasteiger charge is -2.12. The van der Waals surface area contributed by atoms with Gasteiger partial charge in [0.05, 0.1) is 6.54 Å². The van der Waals surface area contributed by atoms with Crippen molar-refractivity contribution in [1.82, 2.24) is 4.98 Å². The van der Waals surface area contributed by atoms with E-state index in [0.29, 0.717) is 11.5 Å². The molecule has 1 aliphatic heterocycles. The number of rotatable bonds is 1. The fourth-order valence-corrected chi connectivity index (χ4v) is 1.78. The SMILES string of the molecule is CC1CC(=O)N(c2cccc(C#CCN)n2)C1=O. The molecule has 2 amide bonds. The average molecular weight is 243 g/mol. The number of amides is 2. The molecule has 18 heavy (non-hydrogen) atoms. The van der Waals surface area contributed by atoms with Crippen molar-refractivity contribution in [3.8, 4) is 11.8 Å². The van der Waals surface area contributed by atoms with Gasteiger partial charge in [0.2, 0.25) is 11.8 Å². The molecule has 5 heteroatoms. The van der Waals surface area contributed by atoms with E-state index in [1.165, 1.54) is 0 Å². The van der Waals surface area contributed by atoms with Gasteiger partial charge in [-0.3, -0.25) is 9.59 Å². The molecule has 0 aliphatic carbocycles. The molecule has 0 saturated carbocycles. The zero-order valence-corrected chi connectivity index (χ0v) is 10.0. The molecular formula is C13H13N3O2. The van der Waals surface area contributed by atoms with Crippen LogP contribution in [0.25, 0.3) is 0 Å². The van der Waals surface area contributed by atoms with Gasteiger partial charge in [-0.1, -0.05) is 18.9 Å². The second-order valence-electron chi connectivity index (χ2n) is 4.06. The Hall–Kier alpha value is -2.19. The van der Waals surface area contributed by atoms with Crippen LogP contribution < -0.4 is 10.6 Å². The lowest BCUT2D eigenvalue weighted by atomic mass is 10.1. The molecular weight excluding hydrogens is 230 g/mol. The van der Waals surface area contributed by atoms with Gasteiger partial charge in [-0.25, -0.2) is 9.88 Å². The molecule has 1 aromatic rings. The van der Waals surface area contributed by atoms with Crippen LogP contribution in [0.2, 0.25) is 0 Å². The van der Waals surface area contributed by atoms with Gasteiger partial charge >= 0.3 is 0 Å². The van der Waals surface area contributed by atoms with Crippen LogP contribution >= 0.6 is 0 Å². The van der Waals surface area contributed by atoms with E-state index in [9.17, 15) is 9.59 Å². The van der Waals surface area contributed by atoms with Gasteiger partial charge in [-0.05, 0) is 18.1 Å². The van der Waals surface area contributed by atoms with Crippen LogP contribution in [-0.2, 0) is 9.59 Å². The summed E-state index contributed by atoms with van der Waals surface area (Å²) in [5.74, 6) is 5.08. The number of carbonyl (C=O) groups is 2. The van der Waals surface area contributed by atoms with Crippen molar-refractivity contribution in [3.63, 3.8) is 0 Å². The van der Waals surface area contributed by atoms with E-state index in [4.69, 9.17) is 5.73 Å². The quantitative estimate of drug-likeness (QED) is 0.568. The maximum Gasteiger partial charge on any atom is 0.238 e. The van der Waals surface area contributed by atoms with Gasteiger partial charge in [0.15, 0.2) is 0 Å². The van der Waals surface area contributed by atoms with E-state index >= 15 is 0 Å². The van der Waals surface area contributed by atoms with Crippen molar-refractivity contribution >= 4 is 17.6 Å². The number of anilines is 1. The second-order valence-corrected chi connectivity index (χ2v) is 4.06. The van der Waals surface area contributed by atoms with Crippen LogP contribution in [0.3, 0.4) is 0 Å². The van der Waals surface area contributed by atoms with E-state index in [2.05, 4.69) is 16.8 Å². The molecule has 1 fully saturated rings. The van der Waals surface area contributed by atoms with Gasteiger partial charge in [0.25, 0.3) is 0 Å². The van der Waals surface area contributed by atoms with Crippen molar-refractivity contribution in [2.75, 3.05) is 11.4 Å². The number of imide groups is 1. The molecule has 1 aromatic heterocycles. The summed E-state index contributed by atoms with van der Waals surface area (Å²) in [6.07, 6.45) is 0.235. The summed E-state index contributed by atoms with van der Waals surface area (Å²) < 4.78 is 0. The first-order valence-electron chi connectivity index (χ1n) is 5.66. The molecule has 5 nitrogen and oxygen atoms in total. The monoisotopic (exact) mass is 243 g/mol. The summed E-state index contributed by atoms with van der Waals surface area (Å²) in [5, 5.41) is 0. The molecule has 0 aromatic carbocycles. The van der Waals surface area contributed by atoms with Gasteiger partial charge in [-0.15, -0.1) is 0 Å². The molecule has 0 radical (unpaired) electrons. The third kappa shape index (κ3) is 2.24. The third-order valence-electron chi connectivity index (χ3n) is 2.65. The van der Waals surface area contributed by atoms with Crippen molar-refractivity contribution in [3.05, 3.63) is 23.9 Å². The van der Waals surface area contributed by atoms with E-state index < -0.39 is 0 Å². The van der Waals surface area contributed by atoms with Crippen LogP contribution in [-0.4, -0.2) is 23.3 Å². The van der Waals surface area contributed by atoms with Crippen molar-refractivity contribution in [1.29, 1.82) is 0 Å². The zero-order chi connectivity index (χ0) is 13.1. The smallest absolute Gasteiger partial charge is 0.238 e. The van der Waals surface area contributed by atoms with E-state index in [1.807, 2.05) is 0 Å². The van der Waals surface area contributed by atoms with E-state index in [-0.39, 0.29) is 30.7 Å². The zero-order valence-electron chi connectivity index (χ0n) is 10.0. The molecule has 0 spiro atoms. The third-order valence-corrected chi connectivity index (χ3v) is 2.65. The fraction of sp³-hybridized carbons (Fsp3) is 0.308. The Morgan fingerprint density at radius 3 is 2.89 bits per heavy atom. The molecule has 1 atom stereocenters. The van der Waals surface area contributed by atoms with Crippen molar-refractivity contribution < 1.29 is 9.59 Å². The summed E-state index contributed by atoms with van der Waals surface area (Å²) in [7, 11) is 0. The first-order chi connectivity index (χ1) is 8.63. The largest absolute Gasteiger partial charge is 0.320 e. The fourth-order valence-electron chi connectivity index (χ4n) is 1.78. The number of nitrogens with zero attached hydrogens (tertiary/aromatic N) is 2. The second kappa shape index (κ2) is 4.98. The Balaban J connectivity index is 2.34. The van der Waals surface area contributed by atoms with Gasteiger partial charge in [0, 0.05) is 12.3 Å². The van der Waals surface area contributed by atoms with Crippen LogP contribution in [0.4, 0.5) is 5.82 Å². The number of carbonyl (C=O) groups excluding carboxylic acids is 2. The minimum atomic E-state index is -0.280. The van der Waals surface area contributed by atoms with Crippen molar-refractivity contribution in [2.45, 2.75) is 13.3 Å². The van der Waals surface area contributed by atoms with Gasteiger partial charge in [0.1, 0.15) is 11.5 Å². The van der Waals surface area contributed by atoms with Crippen LogP contribution in [0, 0.1) is 17.8 Å². The standard InChI is InChI=1S/C13H13N3O2/c1-9-8-12(17)16(13(9)18)11-6-2-4-10(15-11)5-3-7-14/h2,4,6,9H,7-8,14H2,1H3. The predicted molar refractivity (Wildman–Crippen MR) is 66.4 cm³/mol. The molecule has 92 valence electrons. The maximum absolute atomic E-state index is 11.9. The highest BCUT2D eigenvalue weighted by Gasteiger charge is 2.37. The Bertz CT molecular complexity index is 557. The predicted octanol–water partition coefficient (Wildman–Crippen LogP) is 0.291. The molecule has 2 rings (SSSR count). The molecule has 1 aliphatic rings. The van der Waals surface area contributed by atoms with Crippen LogP contribution in [0.15, 0.2) is 18.2 Å². The summed E-state index contributed by atoms with van der Waals surface area (Å²) in [4.78, 5) is 28.9. The lowest BCUT2D eigenvalue weighted by Crippen LogP contribution is -2.30. The number of pyridine rings is 1. The van der Waals surface area contributed by atoms with E-state index in [0.717, 1.165) is 4.90 Å². The highest BCUT2D eigenvalue weighted by Crippen LogP contribution is 2.24. The first kappa shape index (κ1) is 12.3. The average Bonchev–Trinajstić information content (AvgIpc) is 2.61. The van der Waals surface area contributed by atoms with E-state index in [1.54, 1.807) is 25.1 Å².